The number of benzene rings is 1. The molecule has 9 heteroatoms. The number of amides is 1. The Hall–Kier alpha value is -3.23. The third-order valence-electron chi connectivity index (χ3n) is 4.51. The van der Waals surface area contributed by atoms with Gasteiger partial charge < -0.3 is 15.0 Å². The first-order valence-corrected chi connectivity index (χ1v) is 8.68. The Bertz CT molecular complexity index is 1020. The summed E-state index contributed by atoms with van der Waals surface area (Å²) in [6, 6.07) is 4.93. The molecule has 140 valence electrons. The normalized spacial score (nSPS) is 13.7. The summed E-state index contributed by atoms with van der Waals surface area (Å²) >= 11 is 0. The van der Waals surface area contributed by atoms with Gasteiger partial charge in [-0.3, -0.25) is 4.79 Å². The molecule has 3 aromatic rings. The molecule has 2 N–H and O–H groups in total. The van der Waals surface area contributed by atoms with Gasteiger partial charge in [0, 0.05) is 6.04 Å². The maximum Gasteiger partial charge on any atom is 0.276 e. The van der Waals surface area contributed by atoms with E-state index in [0.29, 0.717) is 11.9 Å². The van der Waals surface area contributed by atoms with E-state index in [2.05, 4.69) is 20.6 Å². The summed E-state index contributed by atoms with van der Waals surface area (Å²) in [7, 11) is 0. The van der Waals surface area contributed by atoms with Gasteiger partial charge in [-0.15, -0.1) is 10.2 Å². The van der Waals surface area contributed by atoms with Crippen molar-refractivity contribution in [2.45, 2.75) is 39.3 Å². The van der Waals surface area contributed by atoms with Crippen molar-refractivity contribution in [2.75, 3.05) is 0 Å². The van der Waals surface area contributed by atoms with Crippen LogP contribution < -0.4 is 5.32 Å². The fraction of sp³-hybridized carbons (Fsp3) is 0.333. The van der Waals surface area contributed by atoms with Gasteiger partial charge in [0.25, 0.3) is 5.91 Å². The minimum absolute atomic E-state index is 0.161. The van der Waals surface area contributed by atoms with E-state index in [0.717, 1.165) is 28.9 Å². The van der Waals surface area contributed by atoms with Gasteiger partial charge in [0.2, 0.25) is 0 Å². The predicted octanol–water partition coefficient (Wildman–Crippen LogP) is 2.19. The number of rotatable bonds is 5. The maximum absolute atomic E-state index is 14.0. The summed E-state index contributed by atoms with van der Waals surface area (Å²) in [6.45, 7) is 3.86. The molecule has 0 radical (unpaired) electrons. The summed E-state index contributed by atoms with van der Waals surface area (Å²) in [5, 5.41) is 25.0. The van der Waals surface area contributed by atoms with E-state index in [4.69, 9.17) is 0 Å². The largest absolute Gasteiger partial charge is 0.504 e. The first-order chi connectivity index (χ1) is 12.9. The second kappa shape index (κ2) is 6.49. The molecule has 0 unspecified atom stereocenters. The average Bonchev–Trinajstić information content (AvgIpc) is 3.30. The van der Waals surface area contributed by atoms with E-state index in [9.17, 15) is 14.3 Å². The van der Waals surface area contributed by atoms with Gasteiger partial charge in [-0.1, -0.05) is 6.07 Å². The zero-order chi connectivity index (χ0) is 19.1. The van der Waals surface area contributed by atoms with Crippen LogP contribution in [0.3, 0.4) is 0 Å². The number of nitrogens with one attached hydrogen (secondary N) is 1. The highest BCUT2D eigenvalue weighted by atomic mass is 19.1. The molecular formula is C18H19FN6O2. The van der Waals surface area contributed by atoms with Crippen LogP contribution >= 0.6 is 0 Å². The number of hydrogen-bond donors (Lipinski definition) is 2. The predicted molar refractivity (Wildman–Crippen MR) is 94.1 cm³/mol. The highest BCUT2D eigenvalue weighted by Gasteiger charge is 2.28. The Labute approximate surface area is 154 Å². The Morgan fingerprint density at radius 1 is 1.33 bits per heavy atom. The number of aromatic nitrogens is 5. The lowest BCUT2D eigenvalue weighted by atomic mass is 10.2. The summed E-state index contributed by atoms with van der Waals surface area (Å²) in [4.78, 5) is 12.4. The van der Waals surface area contributed by atoms with Crippen molar-refractivity contribution >= 4 is 5.91 Å². The fourth-order valence-corrected chi connectivity index (χ4v) is 3.03. The number of carbonyl (C=O) groups is 1. The van der Waals surface area contributed by atoms with Crippen molar-refractivity contribution < 1.29 is 14.3 Å². The molecule has 0 aliphatic heterocycles. The minimum atomic E-state index is -0.567. The van der Waals surface area contributed by atoms with Gasteiger partial charge in [-0.25, -0.2) is 9.07 Å². The quantitative estimate of drug-likeness (QED) is 0.717. The van der Waals surface area contributed by atoms with Crippen LogP contribution in [0.2, 0.25) is 0 Å². The molecule has 2 aromatic heterocycles. The number of halogens is 1. The van der Waals surface area contributed by atoms with Crippen molar-refractivity contribution in [1.29, 1.82) is 0 Å². The first kappa shape index (κ1) is 17.2. The zero-order valence-electron chi connectivity index (χ0n) is 15.0. The highest BCUT2D eigenvalue weighted by molar-refractivity contribution is 5.94. The van der Waals surface area contributed by atoms with Gasteiger partial charge in [-0.05, 0) is 44.4 Å². The SMILES string of the molecule is Cc1ccc(F)c(-n2cc(O)c(C(=O)NCc3nnc(C)n3C3CC3)n2)c1. The highest BCUT2D eigenvalue weighted by Crippen LogP contribution is 2.36. The molecule has 0 bridgehead atoms. The summed E-state index contributed by atoms with van der Waals surface area (Å²) in [5.41, 5.74) is 0.820. The third-order valence-corrected chi connectivity index (χ3v) is 4.51. The van der Waals surface area contributed by atoms with Gasteiger partial charge in [0.1, 0.15) is 17.3 Å². The van der Waals surface area contributed by atoms with Gasteiger partial charge >= 0.3 is 0 Å². The molecule has 1 aromatic carbocycles. The number of hydrogen-bond acceptors (Lipinski definition) is 5. The van der Waals surface area contributed by atoms with Crippen LogP contribution in [0.5, 0.6) is 5.75 Å². The molecule has 0 spiro atoms. The second-order valence-corrected chi connectivity index (χ2v) is 6.71. The molecule has 8 nitrogen and oxygen atoms in total. The molecule has 1 aliphatic rings. The molecule has 0 atom stereocenters. The molecule has 1 amide bonds. The zero-order valence-corrected chi connectivity index (χ0v) is 15.0. The van der Waals surface area contributed by atoms with Crippen LogP contribution in [0.4, 0.5) is 4.39 Å². The van der Waals surface area contributed by atoms with Crippen LogP contribution in [0, 0.1) is 19.7 Å². The van der Waals surface area contributed by atoms with E-state index in [1.165, 1.54) is 12.3 Å². The Morgan fingerprint density at radius 3 is 2.85 bits per heavy atom. The van der Waals surface area contributed by atoms with Crippen LogP contribution in [-0.2, 0) is 6.54 Å². The monoisotopic (exact) mass is 370 g/mol. The van der Waals surface area contributed by atoms with E-state index in [1.807, 2.05) is 18.4 Å². The standard InChI is InChI=1S/C18H19FN6O2/c1-10-3-6-13(19)14(7-10)24-9-15(26)17(23-24)18(27)20-8-16-22-21-11(2)25(16)12-4-5-12/h3,6-7,9,12,26H,4-5,8H2,1-2H3,(H,20,27). The van der Waals surface area contributed by atoms with Crippen molar-refractivity contribution in [3.05, 3.63) is 53.1 Å². The van der Waals surface area contributed by atoms with E-state index in [-0.39, 0.29) is 23.7 Å². The van der Waals surface area contributed by atoms with E-state index < -0.39 is 11.7 Å². The van der Waals surface area contributed by atoms with Crippen LogP contribution in [-0.4, -0.2) is 35.6 Å². The lowest BCUT2D eigenvalue weighted by molar-refractivity contribution is 0.0941. The molecule has 1 fully saturated rings. The third kappa shape index (κ3) is 3.27. The summed E-state index contributed by atoms with van der Waals surface area (Å²) < 4.78 is 17.2. The molecule has 1 saturated carbocycles. The number of nitrogens with zero attached hydrogens (tertiary/aromatic N) is 5. The van der Waals surface area contributed by atoms with Crippen molar-refractivity contribution in [3.63, 3.8) is 0 Å². The van der Waals surface area contributed by atoms with Crippen LogP contribution in [0.25, 0.3) is 5.69 Å². The Balaban J connectivity index is 1.53. The van der Waals surface area contributed by atoms with Crippen molar-refractivity contribution in [2.24, 2.45) is 0 Å². The minimum Gasteiger partial charge on any atom is -0.504 e. The van der Waals surface area contributed by atoms with E-state index in [1.54, 1.807) is 12.1 Å². The van der Waals surface area contributed by atoms with Gasteiger partial charge in [0.15, 0.2) is 17.3 Å². The fourth-order valence-electron chi connectivity index (χ4n) is 3.03. The first-order valence-electron chi connectivity index (χ1n) is 8.68. The molecule has 1 aliphatic carbocycles. The molecule has 27 heavy (non-hydrogen) atoms. The van der Waals surface area contributed by atoms with Crippen LogP contribution in [0.1, 0.15) is 46.6 Å². The number of carbonyl (C=O) groups excluding carboxylic acids is 1. The average molecular weight is 370 g/mol. The van der Waals surface area contributed by atoms with Crippen LogP contribution in [0.15, 0.2) is 24.4 Å². The van der Waals surface area contributed by atoms with Crippen molar-refractivity contribution in [1.82, 2.24) is 29.9 Å². The smallest absolute Gasteiger partial charge is 0.276 e. The molecular weight excluding hydrogens is 351 g/mol. The molecule has 4 rings (SSSR count). The number of aryl methyl sites for hydroxylation is 2. The van der Waals surface area contributed by atoms with Crippen molar-refractivity contribution in [3.8, 4) is 11.4 Å². The second-order valence-electron chi connectivity index (χ2n) is 6.71. The Morgan fingerprint density at radius 2 is 2.11 bits per heavy atom. The number of aromatic hydroxyl groups is 1. The Kier molecular flexibility index (Phi) is 4.14. The van der Waals surface area contributed by atoms with Gasteiger partial charge in [0.05, 0.1) is 12.7 Å². The topological polar surface area (TPSA) is 97.9 Å². The summed E-state index contributed by atoms with van der Waals surface area (Å²) in [6.07, 6.45) is 3.36. The lowest BCUT2D eigenvalue weighted by Gasteiger charge is -2.07. The molecule has 0 saturated heterocycles. The lowest BCUT2D eigenvalue weighted by Crippen LogP contribution is -2.25. The maximum atomic E-state index is 14.0. The summed E-state index contributed by atoms with van der Waals surface area (Å²) in [5.74, 6) is 0.0782. The molecule has 2 heterocycles. The van der Waals surface area contributed by atoms with Gasteiger partial charge in [-0.2, -0.15) is 5.10 Å². The van der Waals surface area contributed by atoms with E-state index >= 15 is 0 Å².